The Morgan fingerprint density at radius 3 is 1.84 bits per heavy atom. The van der Waals surface area contributed by atoms with Crippen molar-refractivity contribution in [3.8, 4) is 78.6 Å². The molecular formula is C62H51N3O2. The molecule has 0 aliphatic carbocycles. The van der Waals surface area contributed by atoms with Crippen molar-refractivity contribution in [2.45, 2.75) is 52.4 Å². The van der Waals surface area contributed by atoms with Crippen LogP contribution in [0.1, 0.15) is 52.7 Å². The molecule has 0 spiro atoms. The lowest BCUT2D eigenvalue weighted by Gasteiger charge is -2.23. The topological polar surface area (TPSA) is 64.1 Å². The number of aromatic hydroxyl groups is 1. The Balaban J connectivity index is 1.12. The van der Waals surface area contributed by atoms with E-state index in [-0.39, 0.29) is 16.6 Å². The molecular weight excluding hydrogens is 819 g/mol. The second-order valence-corrected chi connectivity index (χ2v) is 19.7. The summed E-state index contributed by atoms with van der Waals surface area (Å²) in [4.78, 5) is 10.6. The third-order valence-corrected chi connectivity index (χ3v) is 13.1. The Morgan fingerprint density at radius 1 is 0.448 bits per heavy atom. The van der Waals surface area contributed by atoms with Crippen LogP contribution in [0.4, 0.5) is 0 Å². The Morgan fingerprint density at radius 2 is 1.10 bits per heavy atom. The van der Waals surface area contributed by atoms with E-state index < -0.39 is 0 Å². The van der Waals surface area contributed by atoms with Gasteiger partial charge in [0.05, 0.1) is 28.0 Å². The molecule has 3 heterocycles. The van der Waals surface area contributed by atoms with Gasteiger partial charge in [-0.15, -0.1) is 0 Å². The van der Waals surface area contributed by atoms with Gasteiger partial charge in [-0.3, -0.25) is 9.55 Å². The summed E-state index contributed by atoms with van der Waals surface area (Å²) >= 11 is 0. The first kappa shape index (κ1) is 41.7. The van der Waals surface area contributed by atoms with Crippen molar-refractivity contribution in [1.29, 1.82) is 0 Å². The molecule has 8 aromatic carbocycles. The number of nitrogens with zero attached hydrogens (tertiary/aromatic N) is 3. The minimum atomic E-state index is -0.165. The van der Waals surface area contributed by atoms with Crippen LogP contribution in [-0.4, -0.2) is 19.6 Å². The van der Waals surface area contributed by atoms with E-state index in [2.05, 4.69) is 192 Å². The van der Waals surface area contributed by atoms with Crippen molar-refractivity contribution in [3.63, 3.8) is 0 Å². The van der Waals surface area contributed by atoms with E-state index in [1.165, 1.54) is 22.3 Å². The van der Waals surface area contributed by atoms with Crippen LogP contribution in [-0.2, 0) is 10.8 Å². The molecule has 0 unspecified atom stereocenters. The number of furan rings is 1. The van der Waals surface area contributed by atoms with Gasteiger partial charge >= 0.3 is 0 Å². The van der Waals surface area contributed by atoms with E-state index in [9.17, 15) is 5.11 Å². The molecule has 326 valence electrons. The molecule has 0 amide bonds. The number of imidazole rings is 1. The monoisotopic (exact) mass is 869 g/mol. The second kappa shape index (κ2) is 16.1. The molecule has 3 aromatic heterocycles. The standard InChI is InChI=1S/C62H51N3O2/c1-61(2,3)46-28-29-54(50(36-46)42-18-11-8-12-19-42)65-55-22-15-21-48(59(55)64-60(65)52-38-58-51(37-56(52)66)49-20-13-14-23-57(49)67-58)44-32-45(34-47(33-44)62(4,5)6)53-35-43(30-31-63-53)41-26-24-40(25-27-41)39-16-9-7-10-17-39/h7-38,66H,1-6H3. The van der Waals surface area contributed by atoms with Gasteiger partial charge in [-0.05, 0) is 116 Å². The van der Waals surface area contributed by atoms with Crippen LogP contribution in [0, 0.1) is 0 Å². The Kier molecular flexibility index (Phi) is 10.0. The highest BCUT2D eigenvalue weighted by Crippen LogP contribution is 2.44. The minimum Gasteiger partial charge on any atom is -0.507 e. The molecule has 0 aliphatic rings. The molecule has 1 N–H and O–H groups in total. The smallest absolute Gasteiger partial charge is 0.149 e. The van der Waals surface area contributed by atoms with Crippen molar-refractivity contribution in [3.05, 3.63) is 205 Å². The molecule has 67 heavy (non-hydrogen) atoms. The summed E-state index contributed by atoms with van der Waals surface area (Å²) in [5, 5.41) is 13.9. The number of fused-ring (bicyclic) bond motifs is 4. The molecule has 0 saturated carbocycles. The first-order chi connectivity index (χ1) is 32.4. The minimum absolute atomic E-state index is 0.0865. The predicted molar refractivity (Wildman–Crippen MR) is 278 cm³/mol. The fraction of sp³-hybridized carbons (Fsp3) is 0.129. The second-order valence-electron chi connectivity index (χ2n) is 19.7. The van der Waals surface area contributed by atoms with Gasteiger partial charge in [-0.2, -0.15) is 0 Å². The highest BCUT2D eigenvalue weighted by Gasteiger charge is 2.26. The van der Waals surface area contributed by atoms with E-state index in [1.54, 1.807) is 0 Å². The molecule has 0 saturated heterocycles. The lowest BCUT2D eigenvalue weighted by Crippen LogP contribution is -2.12. The summed E-state index contributed by atoms with van der Waals surface area (Å²) < 4.78 is 8.66. The van der Waals surface area contributed by atoms with Crippen molar-refractivity contribution >= 4 is 33.0 Å². The molecule has 0 fully saturated rings. The van der Waals surface area contributed by atoms with Crippen LogP contribution >= 0.6 is 0 Å². The van der Waals surface area contributed by atoms with Crippen LogP contribution in [0.5, 0.6) is 5.75 Å². The Bertz CT molecular complexity index is 3640. The van der Waals surface area contributed by atoms with E-state index in [4.69, 9.17) is 14.4 Å². The first-order valence-electron chi connectivity index (χ1n) is 23.0. The number of aromatic nitrogens is 3. The van der Waals surface area contributed by atoms with Crippen molar-refractivity contribution in [2.75, 3.05) is 0 Å². The fourth-order valence-corrected chi connectivity index (χ4v) is 9.36. The molecule has 11 rings (SSSR count). The van der Waals surface area contributed by atoms with Gasteiger partial charge in [-0.25, -0.2) is 4.98 Å². The average molecular weight is 870 g/mol. The number of benzene rings is 8. The van der Waals surface area contributed by atoms with Gasteiger partial charge < -0.3 is 9.52 Å². The number of rotatable bonds is 7. The Hall–Kier alpha value is -8.02. The number of phenols is 1. The van der Waals surface area contributed by atoms with Crippen molar-refractivity contribution in [2.24, 2.45) is 0 Å². The number of para-hydroxylation sites is 2. The van der Waals surface area contributed by atoms with Gasteiger partial charge in [0, 0.05) is 33.7 Å². The third-order valence-electron chi connectivity index (χ3n) is 13.1. The maximum atomic E-state index is 12.1. The van der Waals surface area contributed by atoms with E-state index >= 15 is 0 Å². The lowest BCUT2D eigenvalue weighted by atomic mass is 9.83. The van der Waals surface area contributed by atoms with Gasteiger partial charge in [-0.1, -0.05) is 169 Å². The van der Waals surface area contributed by atoms with E-state index in [1.807, 2.05) is 48.7 Å². The summed E-state index contributed by atoms with van der Waals surface area (Å²) in [5.41, 5.74) is 17.6. The summed E-state index contributed by atoms with van der Waals surface area (Å²) in [6.45, 7) is 13.5. The van der Waals surface area contributed by atoms with Crippen LogP contribution in [0.25, 0.3) is 106 Å². The van der Waals surface area contributed by atoms with Crippen molar-refractivity contribution in [1.82, 2.24) is 14.5 Å². The predicted octanol–water partition coefficient (Wildman–Crippen LogP) is 16.6. The maximum absolute atomic E-state index is 12.1. The largest absolute Gasteiger partial charge is 0.507 e. The quantitative estimate of drug-likeness (QED) is 0.173. The highest BCUT2D eigenvalue weighted by atomic mass is 16.3. The van der Waals surface area contributed by atoms with Gasteiger partial charge in [0.25, 0.3) is 0 Å². The van der Waals surface area contributed by atoms with Gasteiger partial charge in [0.1, 0.15) is 22.7 Å². The van der Waals surface area contributed by atoms with Gasteiger partial charge in [0.15, 0.2) is 0 Å². The number of pyridine rings is 1. The zero-order valence-corrected chi connectivity index (χ0v) is 38.7. The normalized spacial score (nSPS) is 12.1. The SMILES string of the molecule is CC(C)(C)c1cc(-c2cc(-c3ccc(-c4ccccc4)cc3)ccn2)cc(-c2cccc3c2nc(-c2cc4oc5ccccc5c4cc2O)n3-c2ccc(C(C)(C)C)cc2-c2ccccc2)c1. The lowest BCUT2D eigenvalue weighted by molar-refractivity contribution is 0.477. The van der Waals surface area contributed by atoms with E-state index in [0.29, 0.717) is 17.0 Å². The third kappa shape index (κ3) is 7.66. The molecule has 0 aliphatic heterocycles. The Labute approximate surface area is 391 Å². The molecule has 5 nitrogen and oxygen atoms in total. The molecule has 5 heteroatoms. The number of hydrogen-bond donors (Lipinski definition) is 1. The highest BCUT2D eigenvalue weighted by molar-refractivity contribution is 6.07. The average Bonchev–Trinajstić information content (AvgIpc) is 3.91. The zero-order valence-electron chi connectivity index (χ0n) is 38.7. The maximum Gasteiger partial charge on any atom is 0.149 e. The fourth-order valence-electron chi connectivity index (χ4n) is 9.36. The molecule has 0 atom stereocenters. The molecule has 11 aromatic rings. The van der Waals surface area contributed by atoms with E-state index in [0.717, 1.165) is 77.7 Å². The summed E-state index contributed by atoms with van der Waals surface area (Å²) in [7, 11) is 0. The molecule has 0 radical (unpaired) electrons. The summed E-state index contributed by atoms with van der Waals surface area (Å²) in [6.07, 6.45) is 1.91. The van der Waals surface area contributed by atoms with Crippen molar-refractivity contribution < 1.29 is 9.52 Å². The summed E-state index contributed by atoms with van der Waals surface area (Å²) in [6, 6.07) is 65.8. The van der Waals surface area contributed by atoms with Crippen LogP contribution in [0.15, 0.2) is 199 Å². The number of hydrogen-bond acceptors (Lipinski definition) is 4. The zero-order chi connectivity index (χ0) is 46.0. The van der Waals surface area contributed by atoms with Crippen LogP contribution < -0.4 is 0 Å². The molecule has 0 bridgehead atoms. The summed E-state index contributed by atoms with van der Waals surface area (Å²) in [5.74, 6) is 0.741. The van der Waals surface area contributed by atoms with Gasteiger partial charge in [0.2, 0.25) is 0 Å². The van der Waals surface area contributed by atoms with Crippen LogP contribution in [0.3, 0.4) is 0 Å². The first-order valence-corrected chi connectivity index (χ1v) is 23.0. The number of phenolic OH excluding ortho intramolecular Hbond substituents is 1. The van der Waals surface area contributed by atoms with Crippen LogP contribution in [0.2, 0.25) is 0 Å².